The maximum Gasteiger partial charge on any atom is 0.330 e. The summed E-state index contributed by atoms with van der Waals surface area (Å²) in [5.41, 5.74) is 0.719. The van der Waals surface area contributed by atoms with Crippen molar-refractivity contribution in [3.63, 3.8) is 0 Å². The van der Waals surface area contributed by atoms with Gasteiger partial charge in [0.2, 0.25) is 0 Å². The van der Waals surface area contributed by atoms with E-state index in [-0.39, 0.29) is 23.9 Å². The second kappa shape index (κ2) is 8.85. The summed E-state index contributed by atoms with van der Waals surface area (Å²) in [5, 5.41) is 0.0335. The van der Waals surface area contributed by atoms with Crippen molar-refractivity contribution in [2.45, 2.75) is 58.8 Å². The van der Waals surface area contributed by atoms with Crippen LogP contribution in [0.15, 0.2) is 27.8 Å². The van der Waals surface area contributed by atoms with Crippen LogP contribution in [0.1, 0.15) is 48.9 Å². The van der Waals surface area contributed by atoms with E-state index in [1.807, 2.05) is 0 Å². The average molecular weight is 395 g/mol. The minimum absolute atomic E-state index is 0.0140. The number of hydrogen-bond donors (Lipinski definition) is 1. The Balaban J connectivity index is 1.79. The number of hydrogen-bond acceptors (Lipinski definition) is 3. The molecule has 1 aromatic heterocycles. The molecule has 0 amide bonds. The fourth-order valence-corrected chi connectivity index (χ4v) is 3.88. The predicted octanol–water partition coefficient (Wildman–Crippen LogP) is 3.93. The van der Waals surface area contributed by atoms with Gasteiger partial charge < -0.3 is 4.74 Å². The molecule has 1 saturated carbocycles. The van der Waals surface area contributed by atoms with Crippen molar-refractivity contribution in [2.24, 2.45) is 5.92 Å². The lowest BCUT2D eigenvalue weighted by Crippen LogP contribution is -2.36. The SMILES string of the molecule is Cc1c(CC2CCCCC2)n(COCc2cccc(Cl)c2F)c(=O)[nH]c1=O. The molecular formula is C20H24ClFN2O3. The van der Waals surface area contributed by atoms with Crippen molar-refractivity contribution >= 4 is 11.6 Å². The lowest BCUT2D eigenvalue weighted by atomic mass is 9.85. The zero-order chi connectivity index (χ0) is 19.4. The number of rotatable bonds is 6. The van der Waals surface area contributed by atoms with Gasteiger partial charge in [0.1, 0.15) is 12.5 Å². The molecule has 0 spiro atoms. The van der Waals surface area contributed by atoms with E-state index in [1.54, 1.807) is 19.1 Å². The second-order valence-electron chi connectivity index (χ2n) is 7.16. The van der Waals surface area contributed by atoms with Gasteiger partial charge in [0, 0.05) is 16.8 Å². The number of aromatic nitrogens is 2. The van der Waals surface area contributed by atoms with E-state index in [0.29, 0.717) is 29.2 Å². The molecule has 2 aromatic rings. The molecule has 27 heavy (non-hydrogen) atoms. The average Bonchev–Trinajstić information content (AvgIpc) is 2.66. The largest absolute Gasteiger partial charge is 0.356 e. The van der Waals surface area contributed by atoms with Crippen LogP contribution >= 0.6 is 11.6 Å². The van der Waals surface area contributed by atoms with Crippen molar-refractivity contribution in [3.05, 3.63) is 66.7 Å². The summed E-state index contributed by atoms with van der Waals surface area (Å²) < 4.78 is 21.0. The predicted molar refractivity (Wildman–Crippen MR) is 103 cm³/mol. The van der Waals surface area contributed by atoms with Gasteiger partial charge >= 0.3 is 5.69 Å². The van der Waals surface area contributed by atoms with Gasteiger partial charge in [-0.1, -0.05) is 55.8 Å². The third kappa shape index (κ3) is 4.68. The van der Waals surface area contributed by atoms with Crippen LogP contribution in [0.2, 0.25) is 5.02 Å². The first-order valence-corrected chi connectivity index (χ1v) is 9.68. The van der Waals surface area contributed by atoms with Crippen molar-refractivity contribution in [3.8, 4) is 0 Å². The Morgan fingerprint density at radius 2 is 2.00 bits per heavy atom. The minimum atomic E-state index is -0.522. The fraction of sp³-hybridized carbons (Fsp3) is 0.500. The molecule has 146 valence electrons. The Labute approximate surface area is 162 Å². The van der Waals surface area contributed by atoms with Crippen LogP contribution < -0.4 is 11.2 Å². The number of nitrogens with zero attached hydrogens (tertiary/aromatic N) is 1. The van der Waals surface area contributed by atoms with Crippen LogP contribution in [-0.4, -0.2) is 9.55 Å². The molecule has 1 N–H and O–H groups in total. The van der Waals surface area contributed by atoms with Gasteiger partial charge in [-0.2, -0.15) is 0 Å². The molecule has 0 saturated heterocycles. The smallest absolute Gasteiger partial charge is 0.330 e. The first kappa shape index (κ1) is 19.8. The number of H-pyrrole nitrogens is 1. The molecule has 1 aromatic carbocycles. The second-order valence-corrected chi connectivity index (χ2v) is 7.56. The first-order valence-electron chi connectivity index (χ1n) is 9.30. The van der Waals surface area contributed by atoms with Crippen LogP contribution in [0.3, 0.4) is 0 Å². The van der Waals surface area contributed by atoms with Crippen LogP contribution in [-0.2, 0) is 24.5 Å². The van der Waals surface area contributed by atoms with Gasteiger partial charge in [-0.05, 0) is 25.3 Å². The molecule has 0 radical (unpaired) electrons. The quantitative estimate of drug-likeness (QED) is 0.807. The summed E-state index contributed by atoms with van der Waals surface area (Å²) >= 11 is 5.78. The molecule has 0 atom stereocenters. The van der Waals surface area contributed by atoms with Crippen molar-refractivity contribution < 1.29 is 9.13 Å². The van der Waals surface area contributed by atoms with E-state index >= 15 is 0 Å². The Kier molecular flexibility index (Phi) is 6.50. The lowest BCUT2D eigenvalue weighted by Gasteiger charge is -2.24. The Morgan fingerprint density at radius 3 is 2.74 bits per heavy atom. The molecule has 3 rings (SSSR count). The van der Waals surface area contributed by atoms with Gasteiger partial charge in [-0.3, -0.25) is 14.3 Å². The molecular weight excluding hydrogens is 371 g/mol. The number of halogens is 2. The van der Waals surface area contributed by atoms with E-state index in [4.69, 9.17) is 16.3 Å². The standard InChI is InChI=1S/C20H24ClFN2O3/c1-13-17(10-14-6-3-2-4-7-14)24(20(26)23-19(13)25)12-27-11-15-8-5-9-16(21)18(15)22/h5,8-9,14H,2-4,6-7,10-12H2,1H3,(H,23,25,26). The highest BCUT2D eigenvalue weighted by Gasteiger charge is 2.19. The highest BCUT2D eigenvalue weighted by molar-refractivity contribution is 6.30. The highest BCUT2D eigenvalue weighted by atomic mass is 35.5. The molecule has 7 heteroatoms. The number of nitrogens with one attached hydrogen (secondary N) is 1. The van der Waals surface area contributed by atoms with Crippen molar-refractivity contribution in [2.75, 3.05) is 0 Å². The molecule has 0 bridgehead atoms. The summed E-state index contributed by atoms with van der Waals surface area (Å²) in [6.07, 6.45) is 6.50. The summed E-state index contributed by atoms with van der Waals surface area (Å²) in [6.45, 7) is 1.66. The summed E-state index contributed by atoms with van der Waals surface area (Å²) in [6, 6.07) is 4.71. The monoisotopic (exact) mass is 394 g/mol. The molecule has 1 aliphatic carbocycles. The van der Waals surface area contributed by atoms with Crippen LogP contribution in [0.5, 0.6) is 0 Å². The van der Waals surface area contributed by atoms with Crippen molar-refractivity contribution in [1.29, 1.82) is 0 Å². The summed E-state index contributed by atoms with van der Waals surface area (Å²) in [7, 11) is 0. The van der Waals surface area contributed by atoms with Crippen LogP contribution in [0, 0.1) is 18.7 Å². The van der Waals surface area contributed by atoms with E-state index in [9.17, 15) is 14.0 Å². The third-order valence-electron chi connectivity index (χ3n) is 5.28. The van der Waals surface area contributed by atoms with Crippen molar-refractivity contribution in [1.82, 2.24) is 9.55 Å². The maximum absolute atomic E-state index is 14.0. The molecule has 0 unspecified atom stereocenters. The molecule has 1 fully saturated rings. The Hall–Kier alpha value is -1.92. The van der Waals surface area contributed by atoms with Gasteiger partial charge in [0.25, 0.3) is 5.56 Å². The van der Waals surface area contributed by atoms with E-state index in [2.05, 4.69) is 4.98 Å². The highest BCUT2D eigenvalue weighted by Crippen LogP contribution is 2.27. The minimum Gasteiger partial charge on any atom is -0.356 e. The zero-order valence-corrected chi connectivity index (χ0v) is 16.2. The summed E-state index contributed by atoms with van der Waals surface area (Å²) in [4.78, 5) is 26.7. The number of ether oxygens (including phenoxy) is 1. The Morgan fingerprint density at radius 1 is 1.26 bits per heavy atom. The maximum atomic E-state index is 14.0. The summed E-state index contributed by atoms with van der Waals surface area (Å²) in [5.74, 6) is -0.0538. The number of aromatic amines is 1. The zero-order valence-electron chi connectivity index (χ0n) is 15.4. The van der Waals surface area contributed by atoms with Crippen LogP contribution in [0.4, 0.5) is 4.39 Å². The molecule has 5 nitrogen and oxygen atoms in total. The molecule has 1 heterocycles. The third-order valence-corrected chi connectivity index (χ3v) is 5.57. The van der Waals surface area contributed by atoms with Gasteiger partial charge in [-0.15, -0.1) is 0 Å². The molecule has 0 aliphatic heterocycles. The van der Waals surface area contributed by atoms with Gasteiger partial charge in [0.05, 0.1) is 11.6 Å². The first-order chi connectivity index (χ1) is 13.0. The number of benzene rings is 1. The van der Waals surface area contributed by atoms with E-state index in [1.165, 1.54) is 29.9 Å². The topological polar surface area (TPSA) is 64.1 Å². The Bertz CT molecular complexity index is 916. The normalized spacial score (nSPS) is 15.2. The van der Waals surface area contributed by atoms with E-state index < -0.39 is 11.5 Å². The lowest BCUT2D eigenvalue weighted by molar-refractivity contribution is 0.0565. The fourth-order valence-electron chi connectivity index (χ4n) is 3.69. The van der Waals surface area contributed by atoms with Crippen LogP contribution in [0.25, 0.3) is 0 Å². The molecule has 1 aliphatic rings. The van der Waals surface area contributed by atoms with E-state index in [0.717, 1.165) is 12.8 Å². The van der Waals surface area contributed by atoms with Gasteiger partial charge in [0.15, 0.2) is 0 Å². The van der Waals surface area contributed by atoms with Gasteiger partial charge in [-0.25, -0.2) is 9.18 Å².